The first-order valence-electron chi connectivity index (χ1n) is 10.3. The monoisotopic (exact) mass is 470 g/mol. The van der Waals surface area contributed by atoms with Gasteiger partial charge in [-0.25, -0.2) is 13.8 Å². The number of nitrogens with one attached hydrogen (secondary N) is 2. The summed E-state index contributed by atoms with van der Waals surface area (Å²) >= 11 is 0. The van der Waals surface area contributed by atoms with Crippen molar-refractivity contribution >= 4 is 23.3 Å². The summed E-state index contributed by atoms with van der Waals surface area (Å²) in [7, 11) is 1.42. The molecule has 178 valence electrons. The van der Waals surface area contributed by atoms with Crippen molar-refractivity contribution in [1.29, 1.82) is 0 Å². The predicted octanol–water partition coefficient (Wildman–Crippen LogP) is 3.43. The van der Waals surface area contributed by atoms with E-state index in [1.165, 1.54) is 19.4 Å². The smallest absolute Gasteiger partial charge is 0.257 e. The minimum atomic E-state index is -1.79. The number of ether oxygens (including phenoxy) is 1. The first kappa shape index (κ1) is 24.6. The van der Waals surface area contributed by atoms with Gasteiger partial charge in [0.15, 0.2) is 6.10 Å². The molecular weight excluding hydrogens is 446 g/mol. The number of pyridine rings is 1. The summed E-state index contributed by atoms with van der Waals surface area (Å²) in [4.78, 5) is 29.0. The van der Waals surface area contributed by atoms with Crippen LogP contribution in [0, 0.1) is 11.6 Å². The number of benzene rings is 2. The van der Waals surface area contributed by atoms with E-state index in [0.717, 1.165) is 12.1 Å². The molecule has 3 rings (SSSR count). The summed E-state index contributed by atoms with van der Waals surface area (Å²) in [6, 6.07) is 8.54. The molecule has 0 spiro atoms. The number of hydrogen-bond acceptors (Lipinski definition) is 6. The average molecular weight is 470 g/mol. The maximum Gasteiger partial charge on any atom is 0.257 e. The lowest BCUT2D eigenvalue weighted by atomic mass is 10.0. The maximum atomic E-state index is 13.4. The Morgan fingerprint density at radius 1 is 1.09 bits per heavy atom. The molecule has 0 unspecified atom stereocenters. The number of carbonyl (C=O) groups excluding carboxylic acids is 2. The van der Waals surface area contributed by atoms with Gasteiger partial charge in [0.1, 0.15) is 23.2 Å². The Balaban J connectivity index is 1.86. The summed E-state index contributed by atoms with van der Waals surface area (Å²) < 4.78 is 32.2. The van der Waals surface area contributed by atoms with Gasteiger partial charge < -0.3 is 26.2 Å². The number of nitrogens with two attached hydrogens (primary N) is 1. The van der Waals surface area contributed by atoms with Crippen LogP contribution in [0.2, 0.25) is 0 Å². The van der Waals surface area contributed by atoms with Gasteiger partial charge in [0, 0.05) is 41.2 Å². The summed E-state index contributed by atoms with van der Waals surface area (Å²) in [5, 5.41) is 15.4. The van der Waals surface area contributed by atoms with Crippen molar-refractivity contribution in [2.45, 2.75) is 26.0 Å². The topological polar surface area (TPSA) is 127 Å². The van der Waals surface area contributed by atoms with Crippen LogP contribution in [0.15, 0.2) is 48.7 Å². The van der Waals surface area contributed by atoms with Gasteiger partial charge in [-0.1, -0.05) is 0 Å². The number of amides is 2. The Labute approximate surface area is 194 Å². The van der Waals surface area contributed by atoms with Gasteiger partial charge in [0.2, 0.25) is 0 Å². The Morgan fingerprint density at radius 2 is 1.76 bits per heavy atom. The van der Waals surface area contributed by atoms with E-state index >= 15 is 0 Å². The quantitative estimate of drug-likeness (QED) is 0.419. The molecule has 0 saturated carbocycles. The molecule has 0 saturated heterocycles. The van der Waals surface area contributed by atoms with E-state index in [-0.39, 0.29) is 34.6 Å². The van der Waals surface area contributed by atoms with Crippen molar-refractivity contribution in [3.8, 4) is 16.9 Å². The Bertz CT molecular complexity index is 1210. The number of hydrogen-bond donors (Lipinski definition) is 4. The molecule has 1 aromatic heterocycles. The van der Waals surface area contributed by atoms with E-state index in [0.29, 0.717) is 22.9 Å². The first-order valence-corrected chi connectivity index (χ1v) is 10.3. The minimum Gasteiger partial charge on any atom is -0.496 e. The Hall–Kier alpha value is -4.05. The Morgan fingerprint density at radius 3 is 2.38 bits per heavy atom. The highest BCUT2D eigenvalue weighted by Gasteiger charge is 2.20. The van der Waals surface area contributed by atoms with Crippen molar-refractivity contribution in [2.75, 3.05) is 18.2 Å². The second kappa shape index (κ2) is 10.3. The average Bonchev–Trinajstić information content (AvgIpc) is 2.77. The second-order valence-electron chi connectivity index (χ2n) is 7.79. The van der Waals surface area contributed by atoms with E-state index in [1.54, 1.807) is 18.2 Å². The number of anilines is 2. The van der Waals surface area contributed by atoms with E-state index in [9.17, 15) is 23.5 Å². The zero-order valence-electron chi connectivity index (χ0n) is 18.7. The van der Waals surface area contributed by atoms with Gasteiger partial charge in [-0.05, 0) is 49.7 Å². The van der Waals surface area contributed by atoms with Crippen LogP contribution in [0.1, 0.15) is 35.9 Å². The fourth-order valence-electron chi connectivity index (χ4n) is 3.25. The molecule has 10 heteroatoms. The lowest BCUT2D eigenvalue weighted by Crippen LogP contribution is -2.30. The summed E-state index contributed by atoms with van der Waals surface area (Å²) in [5.41, 5.74) is 7.23. The van der Waals surface area contributed by atoms with Gasteiger partial charge in [-0.15, -0.1) is 0 Å². The van der Waals surface area contributed by atoms with Crippen molar-refractivity contribution in [2.24, 2.45) is 0 Å². The van der Waals surface area contributed by atoms with Crippen LogP contribution in [0.3, 0.4) is 0 Å². The SMILES string of the molecule is COc1cc(NC(=O)[C@H](O)c2cc(F)cc(F)c2)ccc1-c1cnc(N)c(C(=O)NC(C)C)c1. The molecule has 0 radical (unpaired) electrons. The van der Waals surface area contributed by atoms with E-state index in [2.05, 4.69) is 15.6 Å². The molecular formula is C24H24F2N4O4. The Kier molecular flexibility index (Phi) is 7.42. The number of methoxy groups -OCH3 is 1. The fraction of sp³-hybridized carbons (Fsp3) is 0.208. The molecule has 1 atom stereocenters. The van der Waals surface area contributed by atoms with Gasteiger partial charge in [0.25, 0.3) is 11.8 Å². The van der Waals surface area contributed by atoms with Crippen molar-refractivity contribution in [3.63, 3.8) is 0 Å². The molecule has 0 bridgehead atoms. The van der Waals surface area contributed by atoms with Gasteiger partial charge in [-0.3, -0.25) is 9.59 Å². The maximum absolute atomic E-state index is 13.4. The molecule has 34 heavy (non-hydrogen) atoms. The van der Waals surface area contributed by atoms with Crippen LogP contribution in [0.4, 0.5) is 20.3 Å². The number of halogens is 2. The van der Waals surface area contributed by atoms with Gasteiger partial charge in [0.05, 0.1) is 12.7 Å². The first-order chi connectivity index (χ1) is 16.1. The summed E-state index contributed by atoms with van der Waals surface area (Å²) in [6.07, 6.45) is -0.306. The molecule has 1 heterocycles. The van der Waals surface area contributed by atoms with E-state index < -0.39 is 23.6 Å². The summed E-state index contributed by atoms with van der Waals surface area (Å²) in [6.45, 7) is 3.65. The number of carbonyl (C=O) groups is 2. The van der Waals surface area contributed by atoms with Crippen molar-refractivity contribution < 1.29 is 28.2 Å². The molecule has 8 nitrogen and oxygen atoms in total. The van der Waals surface area contributed by atoms with Crippen LogP contribution in [0.5, 0.6) is 5.75 Å². The van der Waals surface area contributed by atoms with Crippen LogP contribution >= 0.6 is 0 Å². The number of aromatic nitrogens is 1. The number of rotatable bonds is 7. The predicted molar refractivity (Wildman–Crippen MR) is 123 cm³/mol. The number of aliphatic hydroxyl groups is 1. The number of nitrogens with zero attached hydrogens (tertiary/aromatic N) is 1. The fourth-order valence-corrected chi connectivity index (χ4v) is 3.25. The highest BCUT2D eigenvalue weighted by Crippen LogP contribution is 2.33. The molecule has 2 amide bonds. The largest absolute Gasteiger partial charge is 0.496 e. The zero-order valence-corrected chi connectivity index (χ0v) is 18.7. The minimum absolute atomic E-state index is 0.0764. The van der Waals surface area contributed by atoms with E-state index in [1.807, 2.05) is 13.8 Å². The molecule has 5 N–H and O–H groups in total. The highest BCUT2D eigenvalue weighted by atomic mass is 19.1. The van der Waals surface area contributed by atoms with Crippen LogP contribution in [-0.4, -0.2) is 35.1 Å². The third-order valence-corrected chi connectivity index (χ3v) is 4.81. The molecule has 0 aliphatic carbocycles. The molecule has 0 aliphatic heterocycles. The molecule has 0 aliphatic rings. The van der Waals surface area contributed by atoms with E-state index in [4.69, 9.17) is 10.5 Å². The van der Waals surface area contributed by atoms with Crippen molar-refractivity contribution in [1.82, 2.24) is 10.3 Å². The highest BCUT2D eigenvalue weighted by molar-refractivity contribution is 6.00. The third-order valence-electron chi connectivity index (χ3n) is 4.81. The second-order valence-corrected chi connectivity index (χ2v) is 7.79. The summed E-state index contributed by atoms with van der Waals surface area (Å²) in [5.74, 6) is -2.66. The molecule has 3 aromatic rings. The van der Waals surface area contributed by atoms with Gasteiger partial charge >= 0.3 is 0 Å². The van der Waals surface area contributed by atoms with Gasteiger partial charge in [-0.2, -0.15) is 0 Å². The number of nitrogen functional groups attached to an aromatic ring is 1. The standard InChI is InChI=1S/C24H24F2N4O4/c1-12(2)29-23(32)19-8-14(11-28-22(19)27)18-5-4-17(10-20(18)34-3)30-24(33)21(31)13-6-15(25)9-16(26)7-13/h4-12,21,31H,1-3H3,(H2,27,28)(H,29,32)(H,30,33)/t21-/m1/s1. The van der Waals surface area contributed by atoms with Crippen LogP contribution < -0.4 is 21.1 Å². The normalized spacial score (nSPS) is 11.7. The van der Waals surface area contributed by atoms with Crippen LogP contribution in [0.25, 0.3) is 11.1 Å². The molecule has 0 fully saturated rings. The lowest BCUT2D eigenvalue weighted by molar-refractivity contribution is -0.124. The zero-order chi connectivity index (χ0) is 25.0. The van der Waals surface area contributed by atoms with Crippen molar-refractivity contribution in [3.05, 3.63) is 71.4 Å². The third kappa shape index (κ3) is 5.65. The number of aliphatic hydroxyl groups excluding tert-OH is 1. The molecule has 2 aromatic carbocycles. The van der Waals surface area contributed by atoms with Crippen LogP contribution in [-0.2, 0) is 4.79 Å². The lowest BCUT2D eigenvalue weighted by Gasteiger charge is -2.15.